The largest absolute Gasteiger partial charge is 0.333 e. The number of benzene rings is 1. The first-order chi connectivity index (χ1) is 13.7. The molecule has 1 aromatic carbocycles. The summed E-state index contributed by atoms with van der Waals surface area (Å²) in [6, 6.07) is 8.06. The fourth-order valence-corrected chi connectivity index (χ4v) is 5.84. The molecule has 7 heteroatoms. The molecule has 2 fully saturated rings. The molecule has 2 aliphatic rings. The molecule has 4 rings (SSSR count). The van der Waals surface area contributed by atoms with Gasteiger partial charge in [-0.2, -0.15) is 0 Å². The average Bonchev–Trinajstić information content (AvgIpc) is 3.45. The van der Waals surface area contributed by atoms with Crippen molar-refractivity contribution in [1.82, 2.24) is 14.9 Å². The van der Waals surface area contributed by atoms with Gasteiger partial charge >= 0.3 is 0 Å². The maximum absolute atomic E-state index is 13.4. The third-order valence-electron chi connectivity index (χ3n) is 6.10. The van der Waals surface area contributed by atoms with E-state index in [0.29, 0.717) is 23.9 Å². The second-order valence-electron chi connectivity index (χ2n) is 8.02. The van der Waals surface area contributed by atoms with Crippen LogP contribution in [0.15, 0.2) is 24.3 Å². The first kappa shape index (κ1) is 19.3. The summed E-state index contributed by atoms with van der Waals surface area (Å²) in [5.41, 5.74) is 0.979. The summed E-state index contributed by atoms with van der Waals surface area (Å²) in [7, 11) is 0. The van der Waals surface area contributed by atoms with E-state index in [9.17, 15) is 14.8 Å². The van der Waals surface area contributed by atoms with Crippen LogP contribution >= 0.6 is 11.3 Å². The molecule has 2 amide bonds. The Morgan fingerprint density at radius 3 is 2.82 bits per heavy atom. The lowest BCUT2D eigenvalue weighted by Crippen LogP contribution is -2.41. The number of amides is 2. The van der Waals surface area contributed by atoms with E-state index in [2.05, 4.69) is 6.07 Å². The van der Waals surface area contributed by atoms with E-state index in [4.69, 9.17) is 4.98 Å². The molecule has 150 valence electrons. The van der Waals surface area contributed by atoms with Gasteiger partial charge in [0.1, 0.15) is 5.01 Å². The van der Waals surface area contributed by atoms with Crippen LogP contribution < -0.4 is 0 Å². The SMILES string of the molecule is O=CN(O)C[C@@H](CC1CCCC1)C(=O)N1CCC[C@H]1c1nc2ccccc2s1. The van der Waals surface area contributed by atoms with Crippen LogP contribution in [0.25, 0.3) is 10.2 Å². The molecule has 6 nitrogen and oxygen atoms in total. The molecule has 1 N–H and O–H groups in total. The number of aromatic nitrogens is 1. The lowest BCUT2D eigenvalue weighted by atomic mass is 9.91. The number of nitrogens with zero attached hydrogens (tertiary/aromatic N) is 3. The van der Waals surface area contributed by atoms with E-state index in [1.807, 2.05) is 23.1 Å². The number of carbonyl (C=O) groups is 2. The number of hydrogen-bond donors (Lipinski definition) is 1. The second kappa shape index (κ2) is 8.57. The maximum Gasteiger partial charge on any atom is 0.233 e. The molecule has 1 aromatic heterocycles. The molecule has 1 saturated carbocycles. The molecule has 0 radical (unpaired) electrons. The van der Waals surface area contributed by atoms with Crippen molar-refractivity contribution < 1.29 is 14.8 Å². The normalized spacial score (nSPS) is 21.3. The molecule has 2 atom stereocenters. The number of hydrogen-bond acceptors (Lipinski definition) is 5. The highest BCUT2D eigenvalue weighted by atomic mass is 32.1. The Bertz CT molecular complexity index is 800. The average molecular weight is 402 g/mol. The van der Waals surface area contributed by atoms with Crippen molar-refractivity contribution in [3.05, 3.63) is 29.3 Å². The zero-order valence-corrected chi connectivity index (χ0v) is 16.8. The van der Waals surface area contributed by atoms with Gasteiger partial charge in [0.15, 0.2) is 0 Å². The highest BCUT2D eigenvalue weighted by molar-refractivity contribution is 7.18. The molecule has 2 aromatic rings. The quantitative estimate of drug-likeness (QED) is 0.432. The van der Waals surface area contributed by atoms with Gasteiger partial charge in [-0.15, -0.1) is 11.3 Å². The Morgan fingerprint density at radius 1 is 1.29 bits per heavy atom. The van der Waals surface area contributed by atoms with E-state index in [0.717, 1.165) is 47.3 Å². The summed E-state index contributed by atoms with van der Waals surface area (Å²) in [6.45, 7) is 0.787. The van der Waals surface area contributed by atoms with Crippen molar-refractivity contribution in [3.63, 3.8) is 0 Å². The third kappa shape index (κ3) is 4.05. The van der Waals surface area contributed by atoms with Gasteiger partial charge in [0.05, 0.1) is 28.7 Å². The number of hydroxylamine groups is 2. The zero-order chi connectivity index (χ0) is 19.5. The summed E-state index contributed by atoms with van der Waals surface area (Å²) in [4.78, 5) is 31.1. The van der Waals surface area contributed by atoms with Crippen LogP contribution in [-0.2, 0) is 9.59 Å². The standard InChI is InChI=1S/C21H27N3O3S/c25-14-23(27)13-16(12-15-6-1-2-7-15)21(26)24-11-5-9-18(24)20-22-17-8-3-4-10-19(17)28-20/h3-4,8,10,14-16,18,27H,1-2,5-7,9,11-13H2/t16-,18+/m1/s1. The van der Waals surface area contributed by atoms with Crippen LogP contribution in [0.5, 0.6) is 0 Å². The van der Waals surface area contributed by atoms with Crippen molar-refractivity contribution in [2.24, 2.45) is 11.8 Å². The third-order valence-corrected chi connectivity index (χ3v) is 7.24. The van der Waals surface area contributed by atoms with Crippen LogP contribution in [-0.4, -0.2) is 45.6 Å². The summed E-state index contributed by atoms with van der Waals surface area (Å²) in [5, 5.41) is 11.4. The van der Waals surface area contributed by atoms with Crippen LogP contribution in [0.3, 0.4) is 0 Å². The van der Waals surface area contributed by atoms with E-state index in [1.165, 1.54) is 12.8 Å². The van der Waals surface area contributed by atoms with Crippen molar-refractivity contribution in [3.8, 4) is 0 Å². The van der Waals surface area contributed by atoms with Crippen molar-refractivity contribution >= 4 is 33.9 Å². The summed E-state index contributed by atoms with van der Waals surface area (Å²) >= 11 is 1.66. The lowest BCUT2D eigenvalue weighted by Gasteiger charge is -2.30. The maximum atomic E-state index is 13.4. The molecule has 0 bridgehead atoms. The van der Waals surface area contributed by atoms with E-state index in [-0.39, 0.29) is 24.4 Å². The fraction of sp³-hybridized carbons (Fsp3) is 0.571. The fourth-order valence-electron chi connectivity index (χ4n) is 4.73. The highest BCUT2D eigenvalue weighted by Crippen LogP contribution is 2.38. The number of likely N-dealkylation sites (tertiary alicyclic amines) is 1. The van der Waals surface area contributed by atoms with Gasteiger partial charge in [-0.05, 0) is 37.3 Å². The van der Waals surface area contributed by atoms with Crippen molar-refractivity contribution in [1.29, 1.82) is 0 Å². The summed E-state index contributed by atoms with van der Waals surface area (Å²) < 4.78 is 1.14. The number of thiazole rings is 1. The molecule has 1 aliphatic heterocycles. The summed E-state index contributed by atoms with van der Waals surface area (Å²) in [5.74, 6) is 0.209. The Balaban J connectivity index is 1.54. The Hall–Kier alpha value is -1.99. The van der Waals surface area contributed by atoms with Gasteiger partial charge in [-0.3, -0.25) is 14.8 Å². The van der Waals surface area contributed by atoms with Crippen LogP contribution in [0.4, 0.5) is 0 Å². The highest BCUT2D eigenvalue weighted by Gasteiger charge is 2.37. The first-order valence-corrected chi connectivity index (χ1v) is 11.0. The molecule has 1 aliphatic carbocycles. The molecular weight excluding hydrogens is 374 g/mol. The predicted molar refractivity (Wildman–Crippen MR) is 108 cm³/mol. The van der Waals surface area contributed by atoms with Gasteiger partial charge in [0, 0.05) is 6.54 Å². The minimum absolute atomic E-state index is 0.000600. The molecular formula is C21H27N3O3S. The minimum Gasteiger partial charge on any atom is -0.333 e. The zero-order valence-electron chi connectivity index (χ0n) is 16.0. The number of carbonyl (C=O) groups excluding carboxylic acids is 2. The monoisotopic (exact) mass is 401 g/mol. The first-order valence-electron chi connectivity index (χ1n) is 10.2. The predicted octanol–water partition coefficient (Wildman–Crippen LogP) is 4.00. The number of para-hydroxylation sites is 1. The molecule has 1 saturated heterocycles. The summed E-state index contributed by atoms with van der Waals surface area (Å²) in [6.07, 6.45) is 7.70. The smallest absolute Gasteiger partial charge is 0.233 e. The van der Waals surface area contributed by atoms with E-state index in [1.54, 1.807) is 11.3 Å². The van der Waals surface area contributed by atoms with Crippen LogP contribution in [0, 0.1) is 11.8 Å². The van der Waals surface area contributed by atoms with E-state index < -0.39 is 0 Å². The molecule has 0 unspecified atom stereocenters. The van der Waals surface area contributed by atoms with Gasteiger partial charge in [0.2, 0.25) is 12.3 Å². The minimum atomic E-state index is -0.353. The van der Waals surface area contributed by atoms with Gasteiger partial charge < -0.3 is 4.90 Å². The van der Waals surface area contributed by atoms with Gasteiger partial charge in [-0.25, -0.2) is 10.0 Å². The van der Waals surface area contributed by atoms with E-state index >= 15 is 0 Å². The van der Waals surface area contributed by atoms with Crippen LogP contribution in [0.2, 0.25) is 0 Å². The molecule has 2 heterocycles. The molecule has 0 spiro atoms. The Labute approximate surface area is 169 Å². The van der Waals surface area contributed by atoms with Crippen molar-refractivity contribution in [2.45, 2.75) is 51.0 Å². The second-order valence-corrected chi connectivity index (χ2v) is 9.08. The number of fused-ring (bicyclic) bond motifs is 1. The van der Waals surface area contributed by atoms with Gasteiger partial charge in [-0.1, -0.05) is 37.8 Å². The topological polar surface area (TPSA) is 73.7 Å². The van der Waals surface area contributed by atoms with Crippen molar-refractivity contribution in [2.75, 3.05) is 13.1 Å². The van der Waals surface area contributed by atoms with Gasteiger partial charge in [0.25, 0.3) is 0 Å². The Morgan fingerprint density at radius 2 is 2.07 bits per heavy atom. The molecule has 28 heavy (non-hydrogen) atoms. The van der Waals surface area contributed by atoms with Crippen LogP contribution in [0.1, 0.15) is 56.0 Å². The lowest BCUT2D eigenvalue weighted by molar-refractivity contribution is -0.157. The Kier molecular flexibility index (Phi) is 5.92. The number of rotatable bonds is 7.